The van der Waals surface area contributed by atoms with Crippen LogP contribution in [0.5, 0.6) is 0 Å². The lowest BCUT2D eigenvalue weighted by Gasteiger charge is -1.81. The minimum atomic E-state index is -0.435. The van der Waals surface area contributed by atoms with E-state index in [1.54, 1.807) is 6.92 Å². The molecule has 0 aliphatic carbocycles. The summed E-state index contributed by atoms with van der Waals surface area (Å²) in [5, 5.41) is 0. The number of hydrogen-bond donors (Lipinski definition) is 2. The third-order valence-corrected chi connectivity index (χ3v) is 0.421. The molecule has 0 heterocycles. The Kier molecular flexibility index (Phi) is 7.49. The Morgan fingerprint density at radius 3 is 1.60 bits per heavy atom. The Morgan fingerprint density at radius 2 is 1.60 bits per heavy atom. The van der Waals surface area contributed by atoms with Gasteiger partial charge in [-0.2, -0.15) is 0 Å². The van der Waals surface area contributed by atoms with Gasteiger partial charge in [-0.25, -0.2) is 0 Å². The van der Waals surface area contributed by atoms with Crippen LogP contribution in [0.4, 0.5) is 0 Å². The van der Waals surface area contributed by atoms with Crippen LogP contribution in [0.2, 0.25) is 0 Å². The second kappa shape index (κ2) is 6.29. The average Bonchev–Trinajstić information content (AvgIpc) is 1.63. The van der Waals surface area contributed by atoms with Crippen molar-refractivity contribution in [3.05, 3.63) is 12.2 Å². The van der Waals surface area contributed by atoms with Gasteiger partial charge in [-0.1, -0.05) is 20.4 Å². The Morgan fingerprint density at radius 1 is 1.50 bits per heavy atom. The van der Waals surface area contributed by atoms with Gasteiger partial charge in [0.2, 0.25) is 5.91 Å². The van der Waals surface area contributed by atoms with Crippen molar-refractivity contribution in [3.8, 4) is 0 Å². The van der Waals surface area contributed by atoms with Crippen LogP contribution < -0.4 is 11.5 Å². The fourth-order valence-electron chi connectivity index (χ4n) is 0. The number of nitrogens with two attached hydrogens (primary N) is 2. The summed E-state index contributed by atoms with van der Waals surface area (Å²) in [6, 6.07) is 0.333. The van der Waals surface area contributed by atoms with Gasteiger partial charge in [-0.15, -0.1) is 0 Å². The van der Waals surface area contributed by atoms with E-state index in [0.29, 0.717) is 11.6 Å². The molecule has 0 aliphatic heterocycles. The molecule has 1 amide bonds. The third kappa shape index (κ3) is 27.2. The molecule has 0 unspecified atom stereocenters. The highest BCUT2D eigenvalue weighted by molar-refractivity contribution is 5.90. The molecular weight excluding hydrogens is 128 g/mol. The molecule has 0 bridgehead atoms. The molecule has 3 heteroatoms. The lowest BCUT2D eigenvalue weighted by atomic mass is 10.3. The van der Waals surface area contributed by atoms with Crippen LogP contribution >= 0.6 is 0 Å². The fraction of sp³-hybridized carbons (Fsp3) is 0.571. The molecule has 0 aromatic carbocycles. The number of hydrogen-bond acceptors (Lipinski definition) is 2. The number of carbonyl (C=O) groups excluding carboxylic acids is 1. The summed E-state index contributed by atoms with van der Waals surface area (Å²) in [5.41, 5.74) is 10.2. The normalized spacial score (nSPS) is 8.10. The highest BCUT2D eigenvalue weighted by Gasteiger charge is 1.86. The maximum Gasteiger partial charge on any atom is 0.243 e. The van der Waals surface area contributed by atoms with E-state index in [1.807, 2.05) is 13.8 Å². The molecule has 0 saturated heterocycles. The molecule has 10 heavy (non-hydrogen) atoms. The van der Waals surface area contributed by atoms with Gasteiger partial charge >= 0.3 is 0 Å². The first-order valence-electron chi connectivity index (χ1n) is 3.08. The van der Waals surface area contributed by atoms with Gasteiger partial charge in [0.05, 0.1) is 0 Å². The van der Waals surface area contributed by atoms with E-state index in [2.05, 4.69) is 6.58 Å². The van der Waals surface area contributed by atoms with E-state index in [4.69, 9.17) is 11.5 Å². The lowest BCUT2D eigenvalue weighted by molar-refractivity contribution is -0.114. The zero-order chi connectivity index (χ0) is 8.73. The minimum absolute atomic E-state index is 0.333. The van der Waals surface area contributed by atoms with Crippen LogP contribution in [0, 0.1) is 0 Å². The summed E-state index contributed by atoms with van der Waals surface area (Å²) < 4.78 is 0. The van der Waals surface area contributed by atoms with Crippen molar-refractivity contribution < 1.29 is 4.79 Å². The smallest absolute Gasteiger partial charge is 0.243 e. The van der Waals surface area contributed by atoms with Gasteiger partial charge in [-0.3, -0.25) is 4.79 Å². The van der Waals surface area contributed by atoms with Crippen LogP contribution in [-0.4, -0.2) is 11.9 Å². The van der Waals surface area contributed by atoms with Crippen molar-refractivity contribution in [1.82, 2.24) is 0 Å². The summed E-state index contributed by atoms with van der Waals surface area (Å²) in [5.74, 6) is -0.435. The van der Waals surface area contributed by atoms with Crippen molar-refractivity contribution in [2.75, 3.05) is 0 Å². The SMILES string of the molecule is C=C(C)C(N)=O.CC(C)N. The Hall–Kier alpha value is -0.830. The number of carbonyl (C=O) groups is 1. The number of amides is 1. The maximum atomic E-state index is 9.82. The first-order chi connectivity index (χ1) is 4.37. The largest absolute Gasteiger partial charge is 0.366 e. The minimum Gasteiger partial charge on any atom is -0.366 e. The number of primary amides is 1. The Bertz CT molecular complexity index is 104. The predicted molar refractivity (Wildman–Crippen MR) is 43.3 cm³/mol. The van der Waals surface area contributed by atoms with Crippen LogP contribution in [0.3, 0.4) is 0 Å². The first-order valence-corrected chi connectivity index (χ1v) is 3.08. The molecule has 60 valence electrons. The van der Waals surface area contributed by atoms with E-state index in [0.717, 1.165) is 0 Å². The monoisotopic (exact) mass is 144 g/mol. The maximum absolute atomic E-state index is 9.82. The van der Waals surface area contributed by atoms with Crippen LogP contribution in [0.15, 0.2) is 12.2 Å². The van der Waals surface area contributed by atoms with Crippen molar-refractivity contribution in [2.24, 2.45) is 11.5 Å². The van der Waals surface area contributed by atoms with Gasteiger partial charge in [0, 0.05) is 5.57 Å². The van der Waals surface area contributed by atoms with E-state index < -0.39 is 5.91 Å². The van der Waals surface area contributed by atoms with Gasteiger partial charge in [-0.05, 0) is 13.0 Å². The zero-order valence-corrected chi connectivity index (χ0v) is 6.85. The fourth-order valence-corrected chi connectivity index (χ4v) is 0. The molecule has 0 aromatic heterocycles. The second-order valence-electron chi connectivity index (χ2n) is 2.39. The first kappa shape index (κ1) is 11.9. The predicted octanol–water partition coefficient (Wildman–Crippen LogP) is 0.401. The highest BCUT2D eigenvalue weighted by Crippen LogP contribution is 1.78. The molecule has 0 atom stereocenters. The molecule has 0 rings (SSSR count). The molecule has 0 aliphatic rings. The standard InChI is InChI=1S/C4H7NO.C3H9N/c1-3(2)4(5)6;1-3(2)4/h1H2,2H3,(H2,5,6);3H,4H2,1-2H3. The van der Waals surface area contributed by atoms with Gasteiger partial charge in [0.1, 0.15) is 0 Å². The molecule has 0 aromatic rings. The Balaban J connectivity index is 0. The summed E-state index contributed by atoms with van der Waals surface area (Å²) >= 11 is 0. The van der Waals surface area contributed by atoms with E-state index in [1.165, 1.54) is 0 Å². The number of rotatable bonds is 1. The summed E-state index contributed by atoms with van der Waals surface area (Å²) in [7, 11) is 0. The molecule has 3 nitrogen and oxygen atoms in total. The summed E-state index contributed by atoms with van der Waals surface area (Å²) in [4.78, 5) is 9.82. The lowest BCUT2D eigenvalue weighted by Crippen LogP contribution is -2.10. The summed E-state index contributed by atoms with van der Waals surface area (Å²) in [6.45, 7) is 8.74. The topological polar surface area (TPSA) is 69.1 Å². The quantitative estimate of drug-likeness (QED) is 0.523. The second-order valence-corrected chi connectivity index (χ2v) is 2.39. The molecule has 0 spiro atoms. The van der Waals surface area contributed by atoms with E-state index in [9.17, 15) is 4.79 Å². The zero-order valence-electron chi connectivity index (χ0n) is 6.85. The van der Waals surface area contributed by atoms with Crippen LogP contribution in [0.1, 0.15) is 20.8 Å². The van der Waals surface area contributed by atoms with Gasteiger partial charge < -0.3 is 11.5 Å². The summed E-state index contributed by atoms with van der Waals surface area (Å²) in [6.07, 6.45) is 0. The van der Waals surface area contributed by atoms with Gasteiger partial charge in [0.15, 0.2) is 0 Å². The molecule has 0 saturated carbocycles. The van der Waals surface area contributed by atoms with Crippen LogP contribution in [-0.2, 0) is 4.79 Å². The molecule has 4 N–H and O–H groups in total. The third-order valence-electron chi connectivity index (χ3n) is 0.421. The highest BCUT2D eigenvalue weighted by atomic mass is 16.1. The Labute approximate surface area is 62.1 Å². The van der Waals surface area contributed by atoms with Crippen molar-refractivity contribution in [1.29, 1.82) is 0 Å². The van der Waals surface area contributed by atoms with Crippen molar-refractivity contribution >= 4 is 5.91 Å². The molecule has 0 radical (unpaired) electrons. The molecular formula is C7H16N2O. The van der Waals surface area contributed by atoms with Crippen molar-refractivity contribution in [3.63, 3.8) is 0 Å². The average molecular weight is 144 g/mol. The van der Waals surface area contributed by atoms with E-state index in [-0.39, 0.29) is 0 Å². The van der Waals surface area contributed by atoms with Gasteiger partial charge in [0.25, 0.3) is 0 Å². The van der Waals surface area contributed by atoms with E-state index >= 15 is 0 Å². The molecule has 0 fully saturated rings. The van der Waals surface area contributed by atoms with Crippen LogP contribution in [0.25, 0.3) is 0 Å². The van der Waals surface area contributed by atoms with Crippen molar-refractivity contribution in [2.45, 2.75) is 26.8 Å².